The van der Waals surface area contributed by atoms with E-state index >= 15 is 0 Å². The third-order valence-electron chi connectivity index (χ3n) is 1.01. The highest BCUT2D eigenvalue weighted by Gasteiger charge is 1.94. The van der Waals surface area contributed by atoms with Crippen molar-refractivity contribution < 1.29 is 4.74 Å². The molecule has 1 aromatic heterocycles. The molecule has 1 heterocycles. The van der Waals surface area contributed by atoms with E-state index in [0.29, 0.717) is 5.88 Å². The standard InChI is InChI=1S/C6H7IN2O/c1-10-6-2-3-8-5(4-7)9-6/h2-3H,4H2,1H3. The summed E-state index contributed by atoms with van der Waals surface area (Å²) in [5, 5.41) is 0. The lowest BCUT2D eigenvalue weighted by atomic mass is 10.6. The molecule has 0 aliphatic carbocycles. The van der Waals surface area contributed by atoms with Crippen LogP contribution in [0.4, 0.5) is 0 Å². The van der Waals surface area contributed by atoms with Gasteiger partial charge in [-0.05, 0) is 0 Å². The molecule has 0 aliphatic heterocycles. The Kier molecular flexibility index (Phi) is 2.85. The molecule has 1 aromatic rings. The Hall–Kier alpha value is -0.390. The molecule has 0 spiro atoms. The Morgan fingerprint density at radius 2 is 2.50 bits per heavy atom. The number of methoxy groups -OCH3 is 1. The van der Waals surface area contributed by atoms with Gasteiger partial charge in [-0.2, -0.15) is 4.98 Å². The first-order valence-electron chi connectivity index (χ1n) is 2.78. The van der Waals surface area contributed by atoms with Gasteiger partial charge >= 0.3 is 0 Å². The molecule has 3 nitrogen and oxygen atoms in total. The van der Waals surface area contributed by atoms with Crippen LogP contribution in [-0.2, 0) is 4.43 Å². The zero-order chi connectivity index (χ0) is 7.40. The van der Waals surface area contributed by atoms with Crippen molar-refractivity contribution in [3.05, 3.63) is 18.1 Å². The topological polar surface area (TPSA) is 35.0 Å². The molecule has 0 N–H and O–H groups in total. The molecule has 0 radical (unpaired) electrons. The highest BCUT2D eigenvalue weighted by atomic mass is 127. The van der Waals surface area contributed by atoms with Gasteiger partial charge in [0.2, 0.25) is 5.88 Å². The average molecular weight is 250 g/mol. The summed E-state index contributed by atoms with van der Waals surface area (Å²) < 4.78 is 5.72. The zero-order valence-electron chi connectivity index (χ0n) is 5.54. The molecule has 0 bridgehead atoms. The predicted molar refractivity (Wildman–Crippen MR) is 46.3 cm³/mol. The number of alkyl halides is 1. The maximum absolute atomic E-state index is 4.90. The molecule has 0 unspecified atom stereocenters. The summed E-state index contributed by atoms with van der Waals surface area (Å²) in [7, 11) is 1.60. The molecular weight excluding hydrogens is 243 g/mol. The Bertz CT molecular complexity index is 197. The van der Waals surface area contributed by atoms with Crippen LogP contribution in [0, 0.1) is 0 Å². The molecule has 0 fully saturated rings. The molecule has 0 saturated carbocycles. The van der Waals surface area contributed by atoms with Crippen LogP contribution in [0.1, 0.15) is 5.82 Å². The van der Waals surface area contributed by atoms with Gasteiger partial charge in [0.25, 0.3) is 0 Å². The lowest BCUT2D eigenvalue weighted by Crippen LogP contribution is -1.93. The molecule has 0 saturated heterocycles. The van der Waals surface area contributed by atoms with Gasteiger partial charge in [-0.25, -0.2) is 4.98 Å². The lowest BCUT2D eigenvalue weighted by molar-refractivity contribution is 0.395. The van der Waals surface area contributed by atoms with E-state index in [2.05, 4.69) is 32.6 Å². The lowest BCUT2D eigenvalue weighted by Gasteiger charge is -1.97. The number of hydrogen-bond acceptors (Lipinski definition) is 3. The molecule has 4 heteroatoms. The van der Waals surface area contributed by atoms with Crippen LogP contribution in [0.3, 0.4) is 0 Å². The highest BCUT2D eigenvalue weighted by molar-refractivity contribution is 14.1. The van der Waals surface area contributed by atoms with Crippen molar-refractivity contribution in [3.8, 4) is 5.88 Å². The zero-order valence-corrected chi connectivity index (χ0v) is 7.70. The first kappa shape index (κ1) is 7.71. The van der Waals surface area contributed by atoms with E-state index in [1.54, 1.807) is 19.4 Å². The number of ether oxygens (including phenoxy) is 1. The third kappa shape index (κ3) is 1.80. The van der Waals surface area contributed by atoms with Crippen LogP contribution in [0.25, 0.3) is 0 Å². The maximum Gasteiger partial charge on any atom is 0.216 e. The summed E-state index contributed by atoms with van der Waals surface area (Å²) in [6.45, 7) is 0. The molecule has 54 valence electrons. The minimum Gasteiger partial charge on any atom is -0.481 e. The first-order chi connectivity index (χ1) is 4.86. The molecule has 0 aromatic carbocycles. The fraction of sp³-hybridized carbons (Fsp3) is 0.333. The molecule has 0 amide bonds. The number of nitrogens with zero attached hydrogens (tertiary/aromatic N) is 2. The second-order valence-corrected chi connectivity index (χ2v) is 2.41. The van der Waals surface area contributed by atoms with Crippen molar-refractivity contribution in [2.45, 2.75) is 4.43 Å². The van der Waals surface area contributed by atoms with Crippen molar-refractivity contribution in [2.75, 3.05) is 7.11 Å². The number of rotatable bonds is 2. The van der Waals surface area contributed by atoms with E-state index in [1.165, 1.54) is 0 Å². The van der Waals surface area contributed by atoms with Gasteiger partial charge in [0.05, 0.1) is 11.5 Å². The van der Waals surface area contributed by atoms with Gasteiger partial charge in [0.15, 0.2) is 0 Å². The quantitative estimate of drug-likeness (QED) is 0.588. The van der Waals surface area contributed by atoms with Gasteiger partial charge in [0.1, 0.15) is 5.82 Å². The molecule has 0 aliphatic rings. The van der Waals surface area contributed by atoms with E-state index in [1.807, 2.05) is 0 Å². The highest BCUT2D eigenvalue weighted by Crippen LogP contribution is 2.05. The first-order valence-corrected chi connectivity index (χ1v) is 4.31. The Morgan fingerprint density at radius 1 is 1.70 bits per heavy atom. The summed E-state index contributed by atoms with van der Waals surface area (Å²) in [5.74, 6) is 1.43. The van der Waals surface area contributed by atoms with E-state index in [9.17, 15) is 0 Å². The molecule has 0 atom stereocenters. The van der Waals surface area contributed by atoms with Crippen LogP contribution in [0.5, 0.6) is 5.88 Å². The number of hydrogen-bond donors (Lipinski definition) is 0. The van der Waals surface area contributed by atoms with E-state index in [0.717, 1.165) is 10.3 Å². The minimum atomic E-state index is 0.627. The molecular formula is C6H7IN2O. The van der Waals surface area contributed by atoms with Crippen molar-refractivity contribution in [1.82, 2.24) is 9.97 Å². The fourth-order valence-corrected chi connectivity index (χ4v) is 0.926. The van der Waals surface area contributed by atoms with E-state index in [-0.39, 0.29) is 0 Å². The largest absolute Gasteiger partial charge is 0.481 e. The van der Waals surface area contributed by atoms with Crippen LogP contribution < -0.4 is 4.74 Å². The Morgan fingerprint density at radius 3 is 3.10 bits per heavy atom. The third-order valence-corrected chi connectivity index (χ3v) is 1.69. The summed E-state index contributed by atoms with van der Waals surface area (Å²) in [5.41, 5.74) is 0. The number of aromatic nitrogens is 2. The van der Waals surface area contributed by atoms with Gasteiger partial charge in [-0.15, -0.1) is 0 Å². The maximum atomic E-state index is 4.90. The van der Waals surface area contributed by atoms with Crippen LogP contribution in [0.15, 0.2) is 12.3 Å². The summed E-state index contributed by atoms with van der Waals surface area (Å²) >= 11 is 2.21. The summed E-state index contributed by atoms with van der Waals surface area (Å²) in [6, 6.07) is 1.73. The van der Waals surface area contributed by atoms with Crippen molar-refractivity contribution in [3.63, 3.8) is 0 Å². The smallest absolute Gasteiger partial charge is 0.216 e. The summed E-state index contributed by atoms with van der Waals surface area (Å²) in [6.07, 6.45) is 1.69. The Balaban J connectivity index is 2.87. The SMILES string of the molecule is COc1ccnc(CI)n1. The van der Waals surface area contributed by atoms with E-state index in [4.69, 9.17) is 4.74 Å². The van der Waals surface area contributed by atoms with Crippen LogP contribution in [-0.4, -0.2) is 17.1 Å². The van der Waals surface area contributed by atoms with Gasteiger partial charge in [-0.3, -0.25) is 0 Å². The van der Waals surface area contributed by atoms with E-state index < -0.39 is 0 Å². The van der Waals surface area contributed by atoms with Gasteiger partial charge in [-0.1, -0.05) is 22.6 Å². The Labute approximate surface area is 73.0 Å². The summed E-state index contributed by atoms with van der Waals surface area (Å²) in [4.78, 5) is 8.08. The minimum absolute atomic E-state index is 0.627. The average Bonchev–Trinajstić information content (AvgIpc) is 2.05. The monoisotopic (exact) mass is 250 g/mol. The predicted octanol–water partition coefficient (Wildman–Crippen LogP) is 1.42. The van der Waals surface area contributed by atoms with Crippen molar-refractivity contribution in [2.24, 2.45) is 0 Å². The van der Waals surface area contributed by atoms with Gasteiger partial charge < -0.3 is 4.74 Å². The van der Waals surface area contributed by atoms with Crippen molar-refractivity contribution >= 4 is 22.6 Å². The second-order valence-electron chi connectivity index (χ2n) is 1.65. The van der Waals surface area contributed by atoms with Crippen LogP contribution >= 0.6 is 22.6 Å². The second kappa shape index (κ2) is 3.70. The fourth-order valence-electron chi connectivity index (χ4n) is 0.558. The number of halogens is 1. The normalized spacial score (nSPS) is 9.40. The molecule has 10 heavy (non-hydrogen) atoms. The van der Waals surface area contributed by atoms with Crippen molar-refractivity contribution in [1.29, 1.82) is 0 Å². The van der Waals surface area contributed by atoms with Crippen LogP contribution in [0.2, 0.25) is 0 Å². The van der Waals surface area contributed by atoms with Gasteiger partial charge in [0, 0.05) is 12.3 Å². The molecule has 1 rings (SSSR count).